The van der Waals surface area contributed by atoms with Gasteiger partial charge in [-0.25, -0.2) is 4.79 Å². The molecule has 0 aliphatic carbocycles. The van der Waals surface area contributed by atoms with Crippen molar-refractivity contribution in [3.63, 3.8) is 0 Å². The Labute approximate surface area is 98.6 Å². The molecule has 16 heavy (non-hydrogen) atoms. The highest BCUT2D eigenvalue weighted by Gasteiger charge is 2.18. The minimum atomic E-state index is -0.981. The highest BCUT2D eigenvalue weighted by atomic mass is 32.2. The van der Waals surface area contributed by atoms with Gasteiger partial charge in [0.05, 0.1) is 11.5 Å². The number of hydrogen-bond acceptors (Lipinski definition) is 4. The second-order valence-electron chi connectivity index (χ2n) is 3.03. The quantitative estimate of drug-likeness (QED) is 0.776. The Balaban J connectivity index is 2.94. The van der Waals surface area contributed by atoms with Gasteiger partial charge in [0.25, 0.3) is 0 Å². The van der Waals surface area contributed by atoms with E-state index in [0.717, 1.165) is 0 Å². The van der Waals surface area contributed by atoms with E-state index in [1.807, 2.05) is 6.26 Å². The SMILES string of the molecule is COC(OCSC)c1ccccc1C(=O)O. The number of thioether (sulfide) groups is 1. The molecular formula is C11H14O4S. The normalized spacial score (nSPS) is 12.4. The van der Waals surface area contributed by atoms with Gasteiger partial charge >= 0.3 is 5.97 Å². The van der Waals surface area contributed by atoms with Crippen LogP contribution in [-0.2, 0) is 9.47 Å². The highest BCUT2D eigenvalue weighted by Crippen LogP contribution is 2.23. The van der Waals surface area contributed by atoms with Gasteiger partial charge in [-0.15, -0.1) is 11.8 Å². The Bertz CT molecular complexity index is 354. The molecule has 1 rings (SSSR count). The van der Waals surface area contributed by atoms with Crippen LogP contribution in [0.2, 0.25) is 0 Å². The molecule has 0 saturated heterocycles. The molecule has 0 aliphatic heterocycles. The van der Waals surface area contributed by atoms with Crippen molar-refractivity contribution in [1.82, 2.24) is 0 Å². The Morgan fingerprint density at radius 3 is 2.75 bits per heavy atom. The van der Waals surface area contributed by atoms with Gasteiger partial charge in [0.15, 0.2) is 6.29 Å². The monoisotopic (exact) mass is 242 g/mol. The van der Waals surface area contributed by atoms with Crippen LogP contribution in [0.3, 0.4) is 0 Å². The standard InChI is InChI=1S/C11H14O4S/c1-14-11(15-7-16-2)9-6-4-3-5-8(9)10(12)13/h3-6,11H,7H2,1-2H3,(H,12,13). The van der Waals surface area contributed by atoms with Crippen molar-refractivity contribution in [3.8, 4) is 0 Å². The summed E-state index contributed by atoms with van der Waals surface area (Å²) in [6, 6.07) is 6.66. The van der Waals surface area contributed by atoms with Gasteiger partial charge in [-0.1, -0.05) is 18.2 Å². The van der Waals surface area contributed by atoms with Crippen LogP contribution in [0.25, 0.3) is 0 Å². The smallest absolute Gasteiger partial charge is 0.336 e. The molecule has 1 atom stereocenters. The molecule has 0 radical (unpaired) electrons. The number of carbonyl (C=O) groups is 1. The number of carboxylic acids is 1. The van der Waals surface area contributed by atoms with Gasteiger partial charge in [0, 0.05) is 12.7 Å². The fraction of sp³-hybridized carbons (Fsp3) is 0.364. The maximum atomic E-state index is 11.0. The molecule has 1 N–H and O–H groups in total. The molecule has 1 unspecified atom stereocenters. The summed E-state index contributed by atoms with van der Waals surface area (Å²) in [7, 11) is 1.49. The molecule has 5 heteroatoms. The number of benzene rings is 1. The molecule has 0 spiro atoms. The van der Waals surface area contributed by atoms with Crippen molar-refractivity contribution < 1.29 is 19.4 Å². The van der Waals surface area contributed by atoms with Gasteiger partial charge in [0.2, 0.25) is 0 Å². The summed E-state index contributed by atoms with van der Waals surface area (Å²) in [5.74, 6) is -0.530. The molecule has 0 saturated carbocycles. The van der Waals surface area contributed by atoms with E-state index in [1.54, 1.807) is 18.2 Å². The van der Waals surface area contributed by atoms with Crippen LogP contribution in [-0.4, -0.2) is 30.4 Å². The zero-order valence-electron chi connectivity index (χ0n) is 9.17. The van der Waals surface area contributed by atoms with E-state index < -0.39 is 12.3 Å². The first kappa shape index (κ1) is 13.0. The maximum absolute atomic E-state index is 11.0. The van der Waals surface area contributed by atoms with E-state index in [2.05, 4.69) is 0 Å². The summed E-state index contributed by atoms with van der Waals surface area (Å²) in [4.78, 5) is 11.0. The maximum Gasteiger partial charge on any atom is 0.336 e. The summed E-state index contributed by atoms with van der Waals surface area (Å²) in [6.07, 6.45) is 1.26. The van der Waals surface area contributed by atoms with Gasteiger partial charge in [-0.2, -0.15) is 0 Å². The van der Waals surface area contributed by atoms with E-state index in [0.29, 0.717) is 11.5 Å². The summed E-state index contributed by atoms with van der Waals surface area (Å²) < 4.78 is 10.5. The Kier molecular flexibility index (Phi) is 5.31. The predicted octanol–water partition coefficient (Wildman–Crippen LogP) is 2.37. The van der Waals surface area contributed by atoms with Gasteiger partial charge in [-0.3, -0.25) is 0 Å². The fourth-order valence-corrected chi connectivity index (χ4v) is 1.57. The van der Waals surface area contributed by atoms with Crippen LogP contribution in [0.5, 0.6) is 0 Å². The van der Waals surface area contributed by atoms with Crippen LogP contribution in [0.15, 0.2) is 24.3 Å². The zero-order chi connectivity index (χ0) is 12.0. The van der Waals surface area contributed by atoms with Crippen molar-refractivity contribution in [3.05, 3.63) is 35.4 Å². The molecule has 0 fully saturated rings. The number of aromatic carboxylic acids is 1. The predicted molar refractivity (Wildman–Crippen MR) is 62.6 cm³/mol. The van der Waals surface area contributed by atoms with Crippen molar-refractivity contribution in [1.29, 1.82) is 0 Å². The van der Waals surface area contributed by atoms with Crippen molar-refractivity contribution in [2.45, 2.75) is 6.29 Å². The highest BCUT2D eigenvalue weighted by molar-refractivity contribution is 7.98. The molecule has 1 aromatic carbocycles. The summed E-state index contributed by atoms with van der Waals surface area (Å²) in [5, 5.41) is 9.02. The van der Waals surface area contributed by atoms with Crippen LogP contribution in [0, 0.1) is 0 Å². The van der Waals surface area contributed by atoms with E-state index >= 15 is 0 Å². The lowest BCUT2D eigenvalue weighted by atomic mass is 10.1. The zero-order valence-corrected chi connectivity index (χ0v) is 9.99. The lowest BCUT2D eigenvalue weighted by molar-refractivity contribution is -0.112. The third-order valence-electron chi connectivity index (χ3n) is 2.00. The molecule has 0 bridgehead atoms. The number of ether oxygens (including phenoxy) is 2. The molecular weight excluding hydrogens is 228 g/mol. The Hall–Kier alpha value is -1.04. The topological polar surface area (TPSA) is 55.8 Å². The Morgan fingerprint density at radius 1 is 1.50 bits per heavy atom. The largest absolute Gasteiger partial charge is 0.478 e. The minimum Gasteiger partial charge on any atom is -0.478 e. The third-order valence-corrected chi connectivity index (χ3v) is 2.37. The van der Waals surface area contributed by atoms with Crippen molar-refractivity contribution in [2.24, 2.45) is 0 Å². The first-order chi connectivity index (χ1) is 7.70. The van der Waals surface area contributed by atoms with Crippen LogP contribution < -0.4 is 0 Å². The fourth-order valence-electron chi connectivity index (χ4n) is 1.31. The van der Waals surface area contributed by atoms with Gasteiger partial charge < -0.3 is 14.6 Å². The number of methoxy groups -OCH3 is 1. The van der Waals surface area contributed by atoms with E-state index in [9.17, 15) is 4.79 Å². The molecule has 4 nitrogen and oxygen atoms in total. The molecule has 0 amide bonds. The van der Waals surface area contributed by atoms with E-state index in [-0.39, 0.29) is 5.56 Å². The molecule has 0 heterocycles. The summed E-state index contributed by atoms with van der Waals surface area (Å²) in [5.41, 5.74) is 0.738. The molecule has 88 valence electrons. The van der Waals surface area contributed by atoms with Gasteiger partial charge in [0.1, 0.15) is 0 Å². The summed E-state index contributed by atoms with van der Waals surface area (Å²) >= 11 is 1.50. The molecule has 1 aromatic rings. The third kappa shape index (κ3) is 3.23. The number of hydrogen-bond donors (Lipinski definition) is 1. The lowest BCUT2D eigenvalue weighted by Gasteiger charge is -2.17. The Morgan fingerprint density at radius 2 is 2.19 bits per heavy atom. The number of rotatable bonds is 6. The number of carboxylic acid groups (broad SMARTS) is 1. The van der Waals surface area contributed by atoms with Crippen LogP contribution in [0.4, 0.5) is 0 Å². The lowest BCUT2D eigenvalue weighted by Crippen LogP contribution is -2.11. The van der Waals surface area contributed by atoms with Gasteiger partial charge in [-0.05, 0) is 12.3 Å². The van der Waals surface area contributed by atoms with E-state index in [4.69, 9.17) is 14.6 Å². The first-order valence-corrected chi connectivity index (χ1v) is 6.05. The second kappa shape index (κ2) is 6.52. The average Bonchev–Trinajstić information content (AvgIpc) is 2.30. The van der Waals surface area contributed by atoms with Crippen LogP contribution >= 0.6 is 11.8 Å². The molecule has 0 aliphatic rings. The minimum absolute atomic E-state index is 0.204. The molecule has 0 aromatic heterocycles. The summed E-state index contributed by atoms with van der Waals surface area (Å²) in [6.45, 7) is 0. The van der Waals surface area contributed by atoms with Crippen molar-refractivity contribution >= 4 is 17.7 Å². The second-order valence-corrected chi connectivity index (χ2v) is 3.85. The average molecular weight is 242 g/mol. The first-order valence-electron chi connectivity index (χ1n) is 4.66. The van der Waals surface area contributed by atoms with Crippen LogP contribution in [0.1, 0.15) is 22.2 Å². The van der Waals surface area contributed by atoms with E-state index in [1.165, 1.54) is 24.9 Å². The van der Waals surface area contributed by atoms with Crippen molar-refractivity contribution in [2.75, 3.05) is 19.3 Å².